The molecule has 0 saturated heterocycles. The minimum Gasteiger partial charge on any atom is -0.493 e. The minimum atomic E-state index is -0.650. The Bertz CT molecular complexity index is 832. The zero-order chi connectivity index (χ0) is 18.5. The zero-order valence-electron chi connectivity index (χ0n) is 15.1. The van der Waals surface area contributed by atoms with Crippen LogP contribution >= 0.6 is 0 Å². The van der Waals surface area contributed by atoms with Crippen LogP contribution in [-0.2, 0) is 16.1 Å². The van der Waals surface area contributed by atoms with E-state index in [1.54, 1.807) is 14.2 Å². The van der Waals surface area contributed by atoms with Crippen LogP contribution in [0.1, 0.15) is 24.5 Å². The Hall–Kier alpha value is -3.02. The fraction of sp³-hybridized carbons (Fsp3) is 0.300. The van der Waals surface area contributed by atoms with Crippen LogP contribution < -0.4 is 14.8 Å². The molecule has 136 valence electrons. The van der Waals surface area contributed by atoms with E-state index in [1.165, 1.54) is 0 Å². The Morgan fingerprint density at radius 1 is 1.19 bits per heavy atom. The Labute approximate surface area is 152 Å². The van der Waals surface area contributed by atoms with Crippen LogP contribution in [0.3, 0.4) is 0 Å². The lowest BCUT2D eigenvalue weighted by atomic mass is 10.0. The van der Waals surface area contributed by atoms with E-state index in [0.717, 1.165) is 23.2 Å². The van der Waals surface area contributed by atoms with Gasteiger partial charge >= 0.3 is 0 Å². The van der Waals surface area contributed by atoms with E-state index in [9.17, 15) is 4.79 Å². The first-order chi connectivity index (χ1) is 12.7. The van der Waals surface area contributed by atoms with Gasteiger partial charge in [-0.1, -0.05) is 30.3 Å². The summed E-state index contributed by atoms with van der Waals surface area (Å²) in [5.74, 6) is 1.05. The summed E-state index contributed by atoms with van der Waals surface area (Å²) in [5.41, 5.74) is 3.44. The molecule has 1 aliphatic heterocycles. The predicted molar refractivity (Wildman–Crippen MR) is 100 cm³/mol. The molecule has 1 atom stereocenters. The van der Waals surface area contributed by atoms with Gasteiger partial charge in [-0.25, -0.2) is 0 Å². The smallest absolute Gasteiger partial charge is 0.268 e. The van der Waals surface area contributed by atoms with Crippen LogP contribution in [0.5, 0.6) is 11.5 Å². The number of para-hydroxylation sites is 1. The van der Waals surface area contributed by atoms with Gasteiger partial charge in [-0.3, -0.25) is 4.79 Å². The molecule has 2 aromatic rings. The fourth-order valence-electron chi connectivity index (χ4n) is 2.87. The summed E-state index contributed by atoms with van der Waals surface area (Å²) in [7, 11) is 3.16. The first-order valence-corrected chi connectivity index (χ1v) is 8.50. The SMILES string of the molecule is CCc1ccccc1NC(=O)C1CC(c2ccc(OC)c(OC)c2)=NO1. The lowest BCUT2D eigenvalue weighted by Gasteiger charge is -2.12. The Morgan fingerprint density at radius 3 is 2.69 bits per heavy atom. The van der Waals surface area contributed by atoms with Gasteiger partial charge in [0.1, 0.15) is 0 Å². The van der Waals surface area contributed by atoms with Gasteiger partial charge in [0.05, 0.1) is 19.9 Å². The molecule has 0 aliphatic carbocycles. The highest BCUT2D eigenvalue weighted by atomic mass is 16.6. The van der Waals surface area contributed by atoms with Gasteiger partial charge < -0.3 is 19.6 Å². The zero-order valence-corrected chi connectivity index (χ0v) is 15.1. The van der Waals surface area contributed by atoms with Gasteiger partial charge in [-0.05, 0) is 36.2 Å². The van der Waals surface area contributed by atoms with Gasteiger partial charge in [-0.2, -0.15) is 0 Å². The molecule has 1 heterocycles. The van der Waals surface area contributed by atoms with Crippen LogP contribution in [0.4, 0.5) is 5.69 Å². The van der Waals surface area contributed by atoms with E-state index in [2.05, 4.69) is 17.4 Å². The maximum atomic E-state index is 12.5. The molecule has 0 saturated carbocycles. The second-order valence-corrected chi connectivity index (χ2v) is 5.91. The van der Waals surface area contributed by atoms with Gasteiger partial charge in [0.2, 0.25) is 6.10 Å². The van der Waals surface area contributed by atoms with Crippen molar-refractivity contribution < 1.29 is 19.1 Å². The Morgan fingerprint density at radius 2 is 1.96 bits per heavy atom. The number of benzene rings is 2. The van der Waals surface area contributed by atoms with Crippen molar-refractivity contribution in [3.63, 3.8) is 0 Å². The monoisotopic (exact) mass is 354 g/mol. The lowest BCUT2D eigenvalue weighted by molar-refractivity contribution is -0.125. The van der Waals surface area contributed by atoms with Gasteiger partial charge in [0.15, 0.2) is 11.5 Å². The maximum Gasteiger partial charge on any atom is 0.268 e. The Balaban J connectivity index is 1.69. The van der Waals surface area contributed by atoms with Gasteiger partial charge in [-0.15, -0.1) is 0 Å². The van der Waals surface area contributed by atoms with Crippen molar-refractivity contribution in [1.82, 2.24) is 0 Å². The fourth-order valence-corrected chi connectivity index (χ4v) is 2.87. The molecule has 1 N–H and O–H groups in total. The molecule has 0 spiro atoms. The quantitative estimate of drug-likeness (QED) is 0.863. The summed E-state index contributed by atoms with van der Waals surface area (Å²) in [6.07, 6.45) is 0.591. The van der Waals surface area contributed by atoms with E-state index < -0.39 is 6.10 Å². The van der Waals surface area contributed by atoms with Crippen molar-refractivity contribution >= 4 is 17.3 Å². The molecule has 0 aromatic heterocycles. The minimum absolute atomic E-state index is 0.204. The number of rotatable bonds is 6. The number of hydrogen-bond acceptors (Lipinski definition) is 5. The van der Waals surface area contributed by atoms with E-state index >= 15 is 0 Å². The number of ether oxygens (including phenoxy) is 2. The molecular formula is C20H22N2O4. The van der Waals surface area contributed by atoms with Crippen molar-refractivity contribution in [1.29, 1.82) is 0 Å². The third kappa shape index (κ3) is 3.64. The van der Waals surface area contributed by atoms with Crippen LogP contribution in [0.25, 0.3) is 0 Å². The molecular weight excluding hydrogens is 332 g/mol. The van der Waals surface area contributed by atoms with Crippen molar-refractivity contribution in [2.75, 3.05) is 19.5 Å². The largest absolute Gasteiger partial charge is 0.493 e. The van der Waals surface area contributed by atoms with Crippen molar-refractivity contribution in [2.24, 2.45) is 5.16 Å². The predicted octanol–water partition coefficient (Wildman–Crippen LogP) is 3.40. The number of amides is 1. The molecule has 1 unspecified atom stereocenters. The van der Waals surface area contributed by atoms with Crippen LogP contribution in [0.15, 0.2) is 47.6 Å². The van der Waals surface area contributed by atoms with Crippen LogP contribution in [0, 0.1) is 0 Å². The highest BCUT2D eigenvalue weighted by Gasteiger charge is 2.29. The first-order valence-electron chi connectivity index (χ1n) is 8.50. The third-order valence-corrected chi connectivity index (χ3v) is 4.33. The molecule has 6 nitrogen and oxygen atoms in total. The number of methoxy groups -OCH3 is 2. The number of carbonyl (C=O) groups is 1. The third-order valence-electron chi connectivity index (χ3n) is 4.33. The van der Waals surface area contributed by atoms with Crippen molar-refractivity contribution in [3.05, 3.63) is 53.6 Å². The second kappa shape index (κ2) is 7.91. The maximum absolute atomic E-state index is 12.5. The number of nitrogens with one attached hydrogen (secondary N) is 1. The number of oxime groups is 1. The number of hydrogen-bond donors (Lipinski definition) is 1. The summed E-state index contributed by atoms with van der Waals surface area (Å²) in [5, 5.41) is 7.02. The molecule has 2 aromatic carbocycles. The second-order valence-electron chi connectivity index (χ2n) is 5.91. The standard InChI is InChI=1S/C20H22N2O4/c1-4-13-7-5-6-8-15(13)21-20(23)19-12-16(22-26-19)14-9-10-17(24-2)18(11-14)25-3/h5-11,19H,4,12H2,1-3H3,(H,21,23). The number of anilines is 1. The number of carbonyl (C=O) groups excluding carboxylic acids is 1. The van der Waals surface area contributed by atoms with Crippen molar-refractivity contribution in [2.45, 2.75) is 25.9 Å². The first kappa shape index (κ1) is 17.8. The lowest BCUT2D eigenvalue weighted by Crippen LogP contribution is -2.28. The van der Waals surface area contributed by atoms with E-state index in [1.807, 2.05) is 42.5 Å². The molecule has 1 amide bonds. The van der Waals surface area contributed by atoms with E-state index in [-0.39, 0.29) is 5.91 Å². The average molecular weight is 354 g/mol. The summed E-state index contributed by atoms with van der Waals surface area (Å²) >= 11 is 0. The van der Waals surface area contributed by atoms with Crippen LogP contribution in [-0.4, -0.2) is 31.9 Å². The molecule has 0 fully saturated rings. The summed E-state index contributed by atoms with van der Waals surface area (Å²) in [4.78, 5) is 17.9. The summed E-state index contributed by atoms with van der Waals surface area (Å²) in [6, 6.07) is 13.2. The molecule has 0 radical (unpaired) electrons. The van der Waals surface area contributed by atoms with E-state index in [4.69, 9.17) is 14.3 Å². The molecule has 26 heavy (non-hydrogen) atoms. The molecule has 1 aliphatic rings. The van der Waals surface area contributed by atoms with Crippen molar-refractivity contribution in [3.8, 4) is 11.5 Å². The van der Waals surface area contributed by atoms with Gasteiger partial charge in [0.25, 0.3) is 5.91 Å². The summed E-state index contributed by atoms with van der Waals surface area (Å²) in [6.45, 7) is 2.05. The highest BCUT2D eigenvalue weighted by molar-refractivity contribution is 6.06. The number of nitrogens with zero attached hydrogens (tertiary/aromatic N) is 1. The Kier molecular flexibility index (Phi) is 5.41. The molecule has 3 rings (SSSR count). The topological polar surface area (TPSA) is 69.2 Å². The highest BCUT2D eigenvalue weighted by Crippen LogP contribution is 2.29. The molecule has 6 heteroatoms. The summed E-state index contributed by atoms with van der Waals surface area (Å²) < 4.78 is 10.6. The average Bonchev–Trinajstić information content (AvgIpc) is 3.18. The van der Waals surface area contributed by atoms with Gasteiger partial charge in [0, 0.05) is 17.7 Å². The van der Waals surface area contributed by atoms with E-state index in [0.29, 0.717) is 23.6 Å². The molecule has 0 bridgehead atoms. The normalized spacial score (nSPS) is 15.8. The van der Waals surface area contributed by atoms with Crippen LogP contribution in [0.2, 0.25) is 0 Å². The number of aryl methyl sites for hydroxylation is 1.